The highest BCUT2D eigenvalue weighted by Crippen LogP contribution is 2.44. The number of hydrogen-bond acceptors (Lipinski definition) is 2. The molecule has 1 N–H and O–H groups in total. The third-order valence-corrected chi connectivity index (χ3v) is 5.04. The highest BCUT2D eigenvalue weighted by Gasteiger charge is 2.32. The summed E-state index contributed by atoms with van der Waals surface area (Å²) >= 11 is 6.22. The number of halogens is 1. The van der Waals surface area contributed by atoms with Crippen molar-refractivity contribution in [3.8, 4) is 5.75 Å². The second-order valence-corrected chi connectivity index (χ2v) is 7.36. The second-order valence-electron chi connectivity index (χ2n) is 6.92. The zero-order chi connectivity index (χ0) is 15.5. The maximum atomic E-state index is 6.22. The predicted molar refractivity (Wildman–Crippen MR) is 90.2 cm³/mol. The molecule has 0 aliphatic heterocycles. The highest BCUT2D eigenvalue weighted by atomic mass is 35.5. The topological polar surface area (TPSA) is 21.3 Å². The summed E-state index contributed by atoms with van der Waals surface area (Å²) in [6, 6.07) is 6.28. The van der Waals surface area contributed by atoms with Crippen LogP contribution in [0.4, 0.5) is 0 Å². The smallest absolute Gasteiger partial charge is 0.123 e. The predicted octanol–water partition coefficient (Wildman–Crippen LogP) is 5.22. The van der Waals surface area contributed by atoms with Crippen molar-refractivity contribution in [2.45, 2.75) is 52.5 Å². The van der Waals surface area contributed by atoms with Crippen LogP contribution in [-0.4, -0.2) is 13.7 Å². The van der Waals surface area contributed by atoms with E-state index >= 15 is 0 Å². The van der Waals surface area contributed by atoms with Gasteiger partial charge in [0.2, 0.25) is 0 Å². The van der Waals surface area contributed by atoms with Crippen molar-refractivity contribution < 1.29 is 4.74 Å². The number of nitrogens with one attached hydrogen (secondary N) is 1. The SMILES string of the molecule is CCNC(c1cc(Cl)ccc1OC)C1CCC(C)(C)CC1. The van der Waals surface area contributed by atoms with Crippen LogP contribution in [0.15, 0.2) is 18.2 Å². The van der Waals surface area contributed by atoms with Gasteiger partial charge in [0, 0.05) is 16.6 Å². The van der Waals surface area contributed by atoms with Crippen LogP contribution in [0, 0.1) is 11.3 Å². The maximum absolute atomic E-state index is 6.22. The summed E-state index contributed by atoms with van der Waals surface area (Å²) in [6.45, 7) is 7.88. The Bertz CT molecular complexity index is 462. The second kappa shape index (κ2) is 7.02. The fraction of sp³-hybridized carbons (Fsp3) is 0.667. The quantitative estimate of drug-likeness (QED) is 0.805. The van der Waals surface area contributed by atoms with Crippen LogP contribution >= 0.6 is 11.6 Å². The van der Waals surface area contributed by atoms with Crippen LogP contribution in [-0.2, 0) is 0 Å². The fourth-order valence-electron chi connectivity index (χ4n) is 3.45. The molecule has 118 valence electrons. The van der Waals surface area contributed by atoms with Crippen LogP contribution in [0.1, 0.15) is 58.1 Å². The van der Waals surface area contributed by atoms with Crippen molar-refractivity contribution in [3.05, 3.63) is 28.8 Å². The van der Waals surface area contributed by atoms with Crippen LogP contribution in [0.5, 0.6) is 5.75 Å². The van der Waals surface area contributed by atoms with E-state index in [-0.39, 0.29) is 0 Å². The van der Waals surface area contributed by atoms with Crippen molar-refractivity contribution in [2.75, 3.05) is 13.7 Å². The Kier molecular flexibility index (Phi) is 5.56. The molecule has 1 saturated carbocycles. The van der Waals surface area contributed by atoms with E-state index in [4.69, 9.17) is 16.3 Å². The van der Waals surface area contributed by atoms with E-state index in [2.05, 4.69) is 32.2 Å². The highest BCUT2D eigenvalue weighted by molar-refractivity contribution is 6.30. The van der Waals surface area contributed by atoms with E-state index in [9.17, 15) is 0 Å². The number of ether oxygens (including phenoxy) is 1. The standard InChI is InChI=1S/C18H28ClNO/c1-5-20-17(13-8-10-18(2,3)11-9-13)15-12-14(19)6-7-16(15)21-4/h6-7,12-13,17,20H,5,8-11H2,1-4H3. The van der Waals surface area contributed by atoms with Gasteiger partial charge in [-0.05, 0) is 61.8 Å². The van der Waals surface area contributed by atoms with E-state index in [0.29, 0.717) is 17.4 Å². The van der Waals surface area contributed by atoms with Crippen molar-refractivity contribution in [2.24, 2.45) is 11.3 Å². The van der Waals surface area contributed by atoms with E-state index in [1.807, 2.05) is 12.1 Å². The molecule has 0 saturated heterocycles. The summed E-state index contributed by atoms with van der Waals surface area (Å²) in [6.07, 6.45) is 5.12. The zero-order valence-electron chi connectivity index (χ0n) is 13.7. The minimum absolute atomic E-state index is 0.333. The first-order chi connectivity index (χ1) is 9.96. The normalized spacial score (nSPS) is 20.2. The molecular formula is C18H28ClNO. The van der Waals surface area contributed by atoms with E-state index in [0.717, 1.165) is 17.3 Å². The molecule has 1 aromatic carbocycles. The molecule has 3 heteroatoms. The molecule has 0 amide bonds. The Hall–Kier alpha value is -0.730. The first kappa shape index (κ1) is 16.6. The van der Waals surface area contributed by atoms with Crippen LogP contribution < -0.4 is 10.1 Å². The molecule has 2 rings (SSSR count). The largest absolute Gasteiger partial charge is 0.496 e. The first-order valence-electron chi connectivity index (χ1n) is 8.03. The van der Waals surface area contributed by atoms with Gasteiger partial charge in [-0.3, -0.25) is 0 Å². The Morgan fingerprint density at radius 2 is 2.00 bits per heavy atom. The van der Waals surface area contributed by atoms with Crippen molar-refractivity contribution in [1.82, 2.24) is 5.32 Å². The lowest BCUT2D eigenvalue weighted by Gasteiger charge is -2.38. The Morgan fingerprint density at radius 1 is 1.33 bits per heavy atom. The molecule has 2 nitrogen and oxygen atoms in total. The van der Waals surface area contributed by atoms with Gasteiger partial charge in [0.15, 0.2) is 0 Å². The van der Waals surface area contributed by atoms with Gasteiger partial charge in [-0.2, -0.15) is 0 Å². The van der Waals surface area contributed by atoms with Crippen molar-refractivity contribution in [1.29, 1.82) is 0 Å². The summed E-state index contributed by atoms with van der Waals surface area (Å²) in [5, 5.41) is 4.44. The Morgan fingerprint density at radius 3 is 2.57 bits per heavy atom. The average molecular weight is 310 g/mol. The van der Waals surface area contributed by atoms with Crippen molar-refractivity contribution >= 4 is 11.6 Å². The molecule has 0 aromatic heterocycles. The zero-order valence-corrected chi connectivity index (χ0v) is 14.5. The van der Waals surface area contributed by atoms with Gasteiger partial charge in [-0.25, -0.2) is 0 Å². The van der Waals surface area contributed by atoms with E-state index in [1.54, 1.807) is 7.11 Å². The van der Waals surface area contributed by atoms with E-state index in [1.165, 1.54) is 31.2 Å². The molecule has 0 bridgehead atoms. The molecule has 1 unspecified atom stereocenters. The molecular weight excluding hydrogens is 282 g/mol. The number of methoxy groups -OCH3 is 1. The summed E-state index contributed by atoms with van der Waals surface area (Å²) in [4.78, 5) is 0. The Balaban J connectivity index is 2.25. The molecule has 0 heterocycles. The number of hydrogen-bond donors (Lipinski definition) is 1. The van der Waals surface area contributed by atoms with Crippen LogP contribution in [0.2, 0.25) is 5.02 Å². The van der Waals surface area contributed by atoms with Gasteiger partial charge < -0.3 is 10.1 Å². The number of benzene rings is 1. The molecule has 1 aliphatic rings. The summed E-state index contributed by atoms with van der Waals surface area (Å²) in [5.74, 6) is 1.60. The summed E-state index contributed by atoms with van der Waals surface area (Å²) in [7, 11) is 1.74. The average Bonchev–Trinajstić information content (AvgIpc) is 2.45. The lowest BCUT2D eigenvalue weighted by molar-refractivity contribution is 0.161. The molecule has 21 heavy (non-hydrogen) atoms. The first-order valence-corrected chi connectivity index (χ1v) is 8.41. The lowest BCUT2D eigenvalue weighted by atomic mass is 9.70. The molecule has 0 spiro atoms. The van der Waals surface area contributed by atoms with Gasteiger partial charge >= 0.3 is 0 Å². The van der Waals surface area contributed by atoms with Gasteiger partial charge in [0.1, 0.15) is 5.75 Å². The van der Waals surface area contributed by atoms with Crippen LogP contribution in [0.25, 0.3) is 0 Å². The van der Waals surface area contributed by atoms with Crippen molar-refractivity contribution in [3.63, 3.8) is 0 Å². The van der Waals surface area contributed by atoms with Gasteiger partial charge in [-0.1, -0.05) is 32.4 Å². The third-order valence-electron chi connectivity index (χ3n) is 4.81. The Labute approximate surface area is 134 Å². The summed E-state index contributed by atoms with van der Waals surface area (Å²) in [5.41, 5.74) is 1.70. The van der Waals surface area contributed by atoms with Gasteiger partial charge in [0.05, 0.1) is 7.11 Å². The molecule has 1 aromatic rings. The fourth-order valence-corrected chi connectivity index (χ4v) is 3.63. The molecule has 1 atom stereocenters. The van der Waals surface area contributed by atoms with Gasteiger partial charge in [0.25, 0.3) is 0 Å². The monoisotopic (exact) mass is 309 g/mol. The maximum Gasteiger partial charge on any atom is 0.123 e. The minimum atomic E-state index is 0.333. The molecule has 0 radical (unpaired) electrons. The van der Waals surface area contributed by atoms with Gasteiger partial charge in [-0.15, -0.1) is 0 Å². The number of rotatable bonds is 5. The van der Waals surface area contributed by atoms with Crippen LogP contribution in [0.3, 0.4) is 0 Å². The van der Waals surface area contributed by atoms with E-state index < -0.39 is 0 Å². The molecule has 1 fully saturated rings. The summed E-state index contributed by atoms with van der Waals surface area (Å²) < 4.78 is 5.56. The lowest BCUT2D eigenvalue weighted by Crippen LogP contribution is -2.33. The third kappa shape index (κ3) is 4.14. The molecule has 1 aliphatic carbocycles. The minimum Gasteiger partial charge on any atom is -0.496 e.